The monoisotopic (exact) mass is 362 g/mol. The average molecular weight is 362 g/mol. The first-order valence-electron chi connectivity index (χ1n) is 8.78. The number of aryl methyl sites for hydroxylation is 2. The predicted molar refractivity (Wildman–Crippen MR) is 108 cm³/mol. The summed E-state index contributed by atoms with van der Waals surface area (Å²) in [5.74, 6) is -0.500. The van der Waals surface area contributed by atoms with Crippen molar-refractivity contribution in [3.05, 3.63) is 65.4 Å². The van der Waals surface area contributed by atoms with Gasteiger partial charge >= 0.3 is 0 Å². The molecule has 0 aliphatic rings. The summed E-state index contributed by atoms with van der Waals surface area (Å²) >= 11 is 0. The number of rotatable bonds is 6. The Morgan fingerprint density at radius 3 is 2.67 bits per heavy atom. The number of hydrogen-bond donors (Lipinski definition) is 3. The molecule has 0 unspecified atom stereocenters. The lowest BCUT2D eigenvalue weighted by molar-refractivity contribution is -0.124. The van der Waals surface area contributed by atoms with Crippen LogP contribution in [0.4, 0.5) is 5.69 Å². The standard InChI is InChI=1S/C21H22N4O2/c1-14-7-8-18(15(2)11-14)24-20(26)9-10-21(27)25-23-13-16-12-22-19-6-4-3-5-17(16)19/h3-8,11-13,22H,9-10H2,1-2H3,(H,24,26)(H,25,27)/b23-13+. The largest absolute Gasteiger partial charge is 0.361 e. The lowest BCUT2D eigenvalue weighted by Gasteiger charge is -2.08. The lowest BCUT2D eigenvalue weighted by atomic mass is 10.1. The van der Waals surface area contributed by atoms with E-state index in [0.717, 1.165) is 33.3 Å². The lowest BCUT2D eigenvalue weighted by Crippen LogP contribution is -2.20. The van der Waals surface area contributed by atoms with Crippen molar-refractivity contribution in [3.63, 3.8) is 0 Å². The van der Waals surface area contributed by atoms with Gasteiger partial charge in [-0.05, 0) is 31.5 Å². The molecule has 0 atom stereocenters. The molecule has 0 radical (unpaired) electrons. The van der Waals surface area contributed by atoms with Gasteiger partial charge in [0.25, 0.3) is 0 Å². The van der Waals surface area contributed by atoms with Crippen LogP contribution in [0.3, 0.4) is 0 Å². The topological polar surface area (TPSA) is 86.3 Å². The third-order valence-corrected chi connectivity index (χ3v) is 4.25. The summed E-state index contributed by atoms with van der Waals surface area (Å²) in [5.41, 5.74) is 7.26. The maximum atomic E-state index is 12.0. The summed E-state index contributed by atoms with van der Waals surface area (Å²) < 4.78 is 0. The van der Waals surface area contributed by atoms with E-state index in [-0.39, 0.29) is 24.7 Å². The number of benzene rings is 2. The molecule has 2 amide bonds. The summed E-state index contributed by atoms with van der Waals surface area (Å²) in [6.45, 7) is 3.94. The van der Waals surface area contributed by atoms with Crippen LogP contribution in [-0.4, -0.2) is 23.0 Å². The Morgan fingerprint density at radius 1 is 1.07 bits per heavy atom. The highest BCUT2D eigenvalue weighted by Gasteiger charge is 2.08. The predicted octanol–water partition coefficient (Wildman–Crippen LogP) is 3.65. The number of carbonyl (C=O) groups excluding carboxylic acids is 2. The van der Waals surface area contributed by atoms with Gasteiger partial charge < -0.3 is 10.3 Å². The van der Waals surface area contributed by atoms with Gasteiger partial charge in [0.05, 0.1) is 6.21 Å². The van der Waals surface area contributed by atoms with Gasteiger partial charge in [-0.25, -0.2) is 5.43 Å². The molecule has 6 nitrogen and oxygen atoms in total. The first-order chi connectivity index (χ1) is 13.0. The number of para-hydroxylation sites is 1. The van der Waals surface area contributed by atoms with Gasteiger partial charge in [0.15, 0.2) is 0 Å². The summed E-state index contributed by atoms with van der Waals surface area (Å²) in [4.78, 5) is 27.1. The number of nitrogens with one attached hydrogen (secondary N) is 3. The summed E-state index contributed by atoms with van der Waals surface area (Å²) in [7, 11) is 0. The molecule has 27 heavy (non-hydrogen) atoms. The molecule has 0 saturated heterocycles. The molecule has 1 heterocycles. The Bertz CT molecular complexity index is 1000. The van der Waals surface area contributed by atoms with Crippen LogP contribution in [0.15, 0.2) is 53.8 Å². The molecule has 138 valence electrons. The second-order valence-corrected chi connectivity index (χ2v) is 6.45. The van der Waals surface area contributed by atoms with E-state index < -0.39 is 0 Å². The molecule has 0 saturated carbocycles. The van der Waals surface area contributed by atoms with Crippen molar-refractivity contribution in [1.29, 1.82) is 0 Å². The molecule has 0 fully saturated rings. The van der Waals surface area contributed by atoms with E-state index in [1.165, 1.54) is 0 Å². The van der Waals surface area contributed by atoms with Crippen LogP contribution in [0.1, 0.15) is 29.5 Å². The first kappa shape index (κ1) is 18.4. The summed E-state index contributed by atoms with van der Waals surface area (Å²) in [6, 6.07) is 13.7. The normalized spacial score (nSPS) is 11.0. The van der Waals surface area contributed by atoms with Gasteiger partial charge in [-0.3, -0.25) is 9.59 Å². The number of hydrazone groups is 1. The molecular weight excluding hydrogens is 340 g/mol. The third kappa shape index (κ3) is 4.82. The zero-order valence-electron chi connectivity index (χ0n) is 15.4. The Labute approximate surface area is 157 Å². The number of carbonyl (C=O) groups is 2. The van der Waals surface area contributed by atoms with Gasteiger partial charge in [-0.15, -0.1) is 0 Å². The van der Waals surface area contributed by atoms with E-state index in [9.17, 15) is 9.59 Å². The Morgan fingerprint density at radius 2 is 1.85 bits per heavy atom. The summed E-state index contributed by atoms with van der Waals surface area (Å²) in [5, 5.41) is 7.83. The number of hydrogen-bond acceptors (Lipinski definition) is 3. The van der Waals surface area contributed by atoms with Gasteiger partial charge in [0.1, 0.15) is 0 Å². The van der Waals surface area contributed by atoms with E-state index in [2.05, 4.69) is 20.8 Å². The Kier molecular flexibility index (Phi) is 5.66. The Hall–Kier alpha value is -3.41. The minimum atomic E-state index is -0.304. The number of H-pyrrole nitrogens is 1. The van der Waals surface area contributed by atoms with E-state index in [1.54, 1.807) is 6.21 Å². The SMILES string of the molecule is Cc1ccc(NC(=O)CCC(=O)N/N=C/c2c[nH]c3ccccc23)c(C)c1. The molecule has 1 aromatic heterocycles. The minimum absolute atomic E-state index is 0.0714. The van der Waals surface area contributed by atoms with Crippen LogP contribution in [-0.2, 0) is 9.59 Å². The molecular formula is C21H22N4O2. The minimum Gasteiger partial charge on any atom is -0.361 e. The number of aromatic nitrogens is 1. The van der Waals surface area contributed by atoms with E-state index in [1.807, 2.05) is 62.5 Å². The maximum Gasteiger partial charge on any atom is 0.240 e. The van der Waals surface area contributed by atoms with Gasteiger partial charge in [-0.2, -0.15) is 5.10 Å². The van der Waals surface area contributed by atoms with Gasteiger partial charge in [0.2, 0.25) is 11.8 Å². The smallest absolute Gasteiger partial charge is 0.240 e. The number of anilines is 1. The van der Waals surface area contributed by atoms with Crippen molar-refractivity contribution in [3.8, 4) is 0 Å². The molecule has 0 aliphatic heterocycles. The van der Waals surface area contributed by atoms with Crippen LogP contribution in [0.5, 0.6) is 0 Å². The highest BCUT2D eigenvalue weighted by Crippen LogP contribution is 2.17. The van der Waals surface area contributed by atoms with Crippen LogP contribution in [0, 0.1) is 13.8 Å². The maximum absolute atomic E-state index is 12.0. The molecule has 0 bridgehead atoms. The second kappa shape index (κ2) is 8.31. The number of nitrogens with zero attached hydrogens (tertiary/aromatic N) is 1. The Balaban J connectivity index is 1.47. The van der Waals surface area contributed by atoms with Crippen molar-refractivity contribution in [1.82, 2.24) is 10.4 Å². The highest BCUT2D eigenvalue weighted by atomic mass is 16.2. The molecule has 0 aliphatic carbocycles. The van der Waals surface area contributed by atoms with E-state index >= 15 is 0 Å². The third-order valence-electron chi connectivity index (χ3n) is 4.25. The molecule has 3 rings (SSSR count). The quantitative estimate of drug-likeness (QED) is 0.462. The van der Waals surface area contributed by atoms with E-state index in [0.29, 0.717) is 0 Å². The zero-order valence-corrected chi connectivity index (χ0v) is 15.4. The highest BCUT2D eigenvalue weighted by molar-refractivity contribution is 5.99. The molecule has 2 aromatic carbocycles. The molecule has 0 spiro atoms. The fraction of sp³-hybridized carbons (Fsp3) is 0.190. The average Bonchev–Trinajstić information content (AvgIpc) is 3.06. The fourth-order valence-electron chi connectivity index (χ4n) is 2.82. The number of fused-ring (bicyclic) bond motifs is 1. The van der Waals surface area contributed by atoms with Crippen molar-refractivity contribution < 1.29 is 9.59 Å². The fourth-order valence-corrected chi connectivity index (χ4v) is 2.82. The van der Waals surface area contributed by atoms with Crippen LogP contribution < -0.4 is 10.7 Å². The van der Waals surface area contributed by atoms with E-state index in [4.69, 9.17) is 0 Å². The van der Waals surface area contributed by atoms with Gasteiger partial charge in [0, 0.05) is 41.2 Å². The van der Waals surface area contributed by atoms with Crippen molar-refractivity contribution in [2.75, 3.05) is 5.32 Å². The molecule has 3 N–H and O–H groups in total. The van der Waals surface area contributed by atoms with Crippen molar-refractivity contribution >= 4 is 34.6 Å². The zero-order chi connectivity index (χ0) is 19.2. The second-order valence-electron chi connectivity index (χ2n) is 6.45. The molecule has 3 aromatic rings. The van der Waals surface area contributed by atoms with Crippen molar-refractivity contribution in [2.24, 2.45) is 5.10 Å². The first-order valence-corrected chi connectivity index (χ1v) is 8.78. The van der Waals surface area contributed by atoms with Crippen molar-refractivity contribution in [2.45, 2.75) is 26.7 Å². The molecule has 6 heteroatoms. The van der Waals surface area contributed by atoms with Gasteiger partial charge in [-0.1, -0.05) is 35.9 Å². The van der Waals surface area contributed by atoms with Crippen LogP contribution in [0.25, 0.3) is 10.9 Å². The number of amides is 2. The number of aromatic amines is 1. The van der Waals surface area contributed by atoms with Crippen LogP contribution >= 0.6 is 0 Å². The summed E-state index contributed by atoms with van der Waals surface area (Å²) in [6.07, 6.45) is 3.59. The van der Waals surface area contributed by atoms with Crippen LogP contribution in [0.2, 0.25) is 0 Å².